The fourth-order valence-corrected chi connectivity index (χ4v) is 2.68. The maximum absolute atomic E-state index is 12.1. The largest absolute Gasteiger partial charge is 0.341 e. The fraction of sp³-hybridized carbons (Fsp3) is 0.917. The predicted octanol–water partition coefficient (Wildman–Crippen LogP) is 3.20. The Labute approximate surface area is 102 Å². The van der Waals surface area contributed by atoms with Crippen molar-refractivity contribution in [3.05, 3.63) is 0 Å². The minimum atomic E-state index is 0.266. The summed E-state index contributed by atoms with van der Waals surface area (Å²) in [5.41, 5.74) is 0. The minimum absolute atomic E-state index is 0.266. The van der Waals surface area contributed by atoms with Gasteiger partial charge in [-0.3, -0.25) is 4.79 Å². The summed E-state index contributed by atoms with van der Waals surface area (Å²) in [4.78, 5) is 14.7. The van der Waals surface area contributed by atoms with Crippen molar-refractivity contribution in [1.29, 1.82) is 0 Å². The van der Waals surface area contributed by atoms with E-state index in [0.29, 0.717) is 10.7 Å². The molecule has 0 aliphatic carbocycles. The maximum atomic E-state index is 12.1. The molecule has 1 aliphatic heterocycles. The van der Waals surface area contributed by atoms with Crippen LogP contribution in [0, 0.1) is 5.92 Å². The lowest BCUT2D eigenvalue weighted by Gasteiger charge is -2.22. The Balaban J connectivity index is 2.42. The van der Waals surface area contributed by atoms with Crippen molar-refractivity contribution in [3.8, 4) is 0 Å². The van der Waals surface area contributed by atoms with Crippen LogP contribution in [0.5, 0.6) is 0 Å². The highest BCUT2D eigenvalue weighted by Crippen LogP contribution is 2.22. The first-order valence-corrected chi connectivity index (χ1v) is 7.03. The first-order valence-electron chi connectivity index (χ1n) is 6.11. The van der Waals surface area contributed by atoms with Crippen molar-refractivity contribution in [3.63, 3.8) is 0 Å². The Morgan fingerprint density at radius 2 is 2.27 bits per heavy atom. The number of nitrogens with zero attached hydrogens (tertiary/aromatic N) is 1. The van der Waals surface area contributed by atoms with E-state index in [2.05, 4.69) is 29.8 Å². The van der Waals surface area contributed by atoms with Crippen LogP contribution < -0.4 is 0 Å². The predicted molar refractivity (Wildman–Crippen MR) is 67.2 cm³/mol. The van der Waals surface area contributed by atoms with E-state index in [4.69, 9.17) is 0 Å². The van der Waals surface area contributed by atoms with E-state index >= 15 is 0 Å². The topological polar surface area (TPSA) is 20.3 Å². The molecule has 0 spiro atoms. The van der Waals surface area contributed by atoms with E-state index in [1.165, 1.54) is 12.8 Å². The molecule has 0 saturated carbocycles. The summed E-state index contributed by atoms with van der Waals surface area (Å²) in [7, 11) is 0. The van der Waals surface area contributed by atoms with Crippen LogP contribution in [-0.2, 0) is 4.79 Å². The number of carbonyl (C=O) groups is 1. The number of unbranched alkanes of at least 4 members (excludes halogenated alkanes) is 1. The zero-order valence-corrected chi connectivity index (χ0v) is 11.4. The van der Waals surface area contributed by atoms with Gasteiger partial charge in [0.2, 0.25) is 5.91 Å². The molecule has 88 valence electrons. The fourth-order valence-electron chi connectivity index (χ4n) is 2.13. The molecule has 1 rings (SSSR count). The van der Waals surface area contributed by atoms with Gasteiger partial charge in [0.05, 0.1) is 0 Å². The summed E-state index contributed by atoms with van der Waals surface area (Å²) < 4.78 is 0. The summed E-state index contributed by atoms with van der Waals surface area (Å²) in [5.74, 6) is 0.649. The maximum Gasteiger partial charge on any atom is 0.225 e. The van der Waals surface area contributed by atoms with Gasteiger partial charge in [-0.05, 0) is 19.3 Å². The smallest absolute Gasteiger partial charge is 0.225 e. The molecule has 1 aliphatic rings. The van der Waals surface area contributed by atoms with Crippen LogP contribution in [0.25, 0.3) is 0 Å². The van der Waals surface area contributed by atoms with Crippen molar-refractivity contribution in [2.45, 2.75) is 50.8 Å². The molecule has 15 heavy (non-hydrogen) atoms. The highest BCUT2D eigenvalue weighted by atomic mass is 79.9. The van der Waals surface area contributed by atoms with Crippen LogP contribution in [0.15, 0.2) is 0 Å². The second-order valence-corrected chi connectivity index (χ2v) is 5.71. The van der Waals surface area contributed by atoms with Gasteiger partial charge >= 0.3 is 0 Å². The monoisotopic (exact) mass is 275 g/mol. The van der Waals surface area contributed by atoms with E-state index in [9.17, 15) is 4.79 Å². The van der Waals surface area contributed by atoms with Gasteiger partial charge in [-0.25, -0.2) is 0 Å². The molecular weight excluding hydrogens is 254 g/mol. The Kier molecular flexibility index (Phi) is 5.65. The molecule has 0 N–H and O–H groups in total. The van der Waals surface area contributed by atoms with Crippen molar-refractivity contribution in [1.82, 2.24) is 4.90 Å². The summed E-state index contributed by atoms with van der Waals surface area (Å²) in [6.45, 7) is 6.15. The third-order valence-electron chi connectivity index (χ3n) is 3.19. The number of hydrogen-bond acceptors (Lipinski definition) is 1. The quantitative estimate of drug-likeness (QED) is 0.706. The first-order chi connectivity index (χ1) is 7.19. The Morgan fingerprint density at radius 1 is 1.53 bits per heavy atom. The molecule has 1 fully saturated rings. The highest BCUT2D eigenvalue weighted by Gasteiger charge is 2.28. The summed E-state index contributed by atoms with van der Waals surface area (Å²) in [6, 6.07) is 0. The molecule has 0 aromatic heterocycles. The van der Waals surface area contributed by atoms with E-state index in [0.717, 1.165) is 32.4 Å². The van der Waals surface area contributed by atoms with Crippen LogP contribution in [0.4, 0.5) is 0 Å². The zero-order chi connectivity index (χ0) is 11.3. The van der Waals surface area contributed by atoms with Crippen LogP contribution in [0.2, 0.25) is 0 Å². The number of hydrogen-bond donors (Lipinski definition) is 0. The number of rotatable bonds is 5. The number of carbonyl (C=O) groups excluding carboxylic acids is 1. The summed E-state index contributed by atoms with van der Waals surface area (Å²) >= 11 is 3.58. The van der Waals surface area contributed by atoms with Crippen molar-refractivity contribution in [2.75, 3.05) is 13.1 Å². The van der Waals surface area contributed by atoms with E-state index in [-0.39, 0.29) is 5.92 Å². The van der Waals surface area contributed by atoms with Crippen LogP contribution in [0.1, 0.15) is 46.0 Å². The second kappa shape index (κ2) is 6.51. The molecule has 1 amide bonds. The van der Waals surface area contributed by atoms with Gasteiger partial charge in [0.15, 0.2) is 0 Å². The molecule has 2 unspecified atom stereocenters. The van der Waals surface area contributed by atoms with E-state index in [1.807, 2.05) is 4.90 Å². The summed E-state index contributed by atoms with van der Waals surface area (Å²) in [6.07, 6.45) is 5.52. The standard InChI is InChI=1S/C12H22BrNO/c1-3-5-6-10(4-2)12(15)14-8-7-11(13)9-14/h10-11H,3-9H2,1-2H3. The number of amides is 1. The normalized spacial score (nSPS) is 23.1. The van der Waals surface area contributed by atoms with Gasteiger partial charge in [0, 0.05) is 23.8 Å². The van der Waals surface area contributed by atoms with Crippen LogP contribution in [0.3, 0.4) is 0 Å². The Hall–Kier alpha value is -0.0500. The molecule has 3 heteroatoms. The Morgan fingerprint density at radius 3 is 2.73 bits per heavy atom. The molecule has 2 nitrogen and oxygen atoms in total. The average molecular weight is 276 g/mol. The van der Waals surface area contributed by atoms with Crippen molar-refractivity contribution >= 4 is 21.8 Å². The van der Waals surface area contributed by atoms with E-state index < -0.39 is 0 Å². The highest BCUT2D eigenvalue weighted by molar-refractivity contribution is 9.09. The lowest BCUT2D eigenvalue weighted by molar-refractivity contribution is -0.134. The molecule has 1 saturated heterocycles. The average Bonchev–Trinajstić information content (AvgIpc) is 2.65. The SMILES string of the molecule is CCCCC(CC)C(=O)N1CCC(Br)C1. The third kappa shape index (κ3) is 3.78. The minimum Gasteiger partial charge on any atom is -0.341 e. The van der Waals surface area contributed by atoms with Crippen LogP contribution in [-0.4, -0.2) is 28.7 Å². The van der Waals surface area contributed by atoms with Gasteiger partial charge in [0.25, 0.3) is 0 Å². The number of halogens is 1. The molecule has 0 aromatic rings. The first kappa shape index (κ1) is 13.0. The molecule has 1 heterocycles. The third-order valence-corrected chi connectivity index (χ3v) is 3.94. The molecule has 0 radical (unpaired) electrons. The second-order valence-electron chi connectivity index (χ2n) is 4.42. The molecule has 0 bridgehead atoms. The van der Waals surface area contributed by atoms with Gasteiger partial charge in [-0.2, -0.15) is 0 Å². The lowest BCUT2D eigenvalue weighted by atomic mass is 9.98. The summed E-state index contributed by atoms with van der Waals surface area (Å²) in [5, 5.41) is 0. The van der Waals surface area contributed by atoms with E-state index in [1.54, 1.807) is 0 Å². The van der Waals surface area contributed by atoms with Crippen molar-refractivity contribution in [2.24, 2.45) is 5.92 Å². The molecule has 0 aromatic carbocycles. The van der Waals surface area contributed by atoms with Gasteiger partial charge < -0.3 is 4.90 Å². The van der Waals surface area contributed by atoms with Gasteiger partial charge in [-0.1, -0.05) is 42.6 Å². The Bertz CT molecular complexity index is 208. The number of likely N-dealkylation sites (tertiary alicyclic amines) is 1. The lowest BCUT2D eigenvalue weighted by Crippen LogP contribution is -2.34. The van der Waals surface area contributed by atoms with Gasteiger partial charge in [-0.15, -0.1) is 0 Å². The molecule has 2 atom stereocenters. The molecular formula is C12H22BrNO. The zero-order valence-electron chi connectivity index (χ0n) is 9.84. The number of alkyl halides is 1. The van der Waals surface area contributed by atoms with Gasteiger partial charge in [0.1, 0.15) is 0 Å². The van der Waals surface area contributed by atoms with Crippen molar-refractivity contribution < 1.29 is 4.79 Å². The van der Waals surface area contributed by atoms with Crippen LogP contribution >= 0.6 is 15.9 Å².